The Hall–Kier alpha value is -3.85. The van der Waals surface area contributed by atoms with E-state index in [0.29, 0.717) is 11.8 Å². The highest BCUT2D eigenvalue weighted by molar-refractivity contribution is 9.10. The van der Waals surface area contributed by atoms with E-state index in [1.807, 2.05) is 6.07 Å². The zero-order valence-corrected chi connectivity index (χ0v) is 28.2. The summed E-state index contributed by atoms with van der Waals surface area (Å²) in [4.78, 5) is 0. The van der Waals surface area contributed by atoms with Crippen molar-refractivity contribution >= 4 is 60.2 Å². The number of hydrogen-bond acceptors (Lipinski definition) is 1. The van der Waals surface area contributed by atoms with Gasteiger partial charge in [0.25, 0.3) is 0 Å². The van der Waals surface area contributed by atoms with Crippen LogP contribution >= 0.6 is 27.5 Å². The molecule has 0 N–H and O–H groups in total. The van der Waals surface area contributed by atoms with Crippen LogP contribution in [0, 0.1) is 23.7 Å². The van der Waals surface area contributed by atoms with Gasteiger partial charge in [0.1, 0.15) is 11.2 Å². The Kier molecular flexibility index (Phi) is 5.55. The first kappa shape index (κ1) is 27.1. The highest BCUT2D eigenvalue weighted by Gasteiger charge is 2.61. The van der Waals surface area contributed by atoms with E-state index in [9.17, 15) is 0 Å². The number of para-hydroxylation sites is 1. The third-order valence-electron chi connectivity index (χ3n) is 12.5. The van der Waals surface area contributed by atoms with Gasteiger partial charge in [-0.2, -0.15) is 0 Å². The molecule has 0 radical (unpaired) electrons. The van der Waals surface area contributed by atoms with Crippen LogP contribution in [0.4, 0.5) is 0 Å². The summed E-state index contributed by atoms with van der Waals surface area (Å²) in [6.07, 6.45) is 6.85. The molecule has 6 aromatic carbocycles. The summed E-state index contributed by atoms with van der Waals surface area (Å²) in [5.41, 5.74) is 12.5. The molecule has 5 aliphatic carbocycles. The molecule has 0 unspecified atom stereocenters. The fourth-order valence-corrected chi connectivity index (χ4v) is 11.6. The molecule has 3 heteroatoms. The smallest absolute Gasteiger partial charge is 0.135 e. The van der Waals surface area contributed by atoms with Gasteiger partial charge in [0.2, 0.25) is 0 Å². The summed E-state index contributed by atoms with van der Waals surface area (Å²) in [7, 11) is 0. The van der Waals surface area contributed by atoms with Crippen molar-refractivity contribution < 1.29 is 4.42 Å². The van der Waals surface area contributed by atoms with Gasteiger partial charge in [-0.15, -0.1) is 0 Å². The average molecular weight is 692 g/mol. The summed E-state index contributed by atoms with van der Waals surface area (Å²) in [5.74, 6) is 3.15. The van der Waals surface area contributed by atoms with Crippen LogP contribution < -0.4 is 0 Å². The van der Waals surface area contributed by atoms with Gasteiger partial charge in [-0.1, -0.05) is 82.1 Å². The Morgan fingerprint density at radius 2 is 1.26 bits per heavy atom. The minimum absolute atomic E-state index is 0.0443. The van der Waals surface area contributed by atoms with E-state index in [2.05, 4.69) is 119 Å². The van der Waals surface area contributed by atoms with Gasteiger partial charge in [-0.05, 0) is 160 Å². The van der Waals surface area contributed by atoms with E-state index in [0.717, 1.165) is 32.5 Å². The second kappa shape index (κ2) is 9.62. The molecule has 1 nitrogen and oxygen atoms in total. The number of halogens is 2. The largest absolute Gasteiger partial charge is 0.456 e. The summed E-state index contributed by atoms with van der Waals surface area (Å²) >= 11 is 11.1. The monoisotopic (exact) mass is 690 g/mol. The van der Waals surface area contributed by atoms with Crippen molar-refractivity contribution in [1.82, 2.24) is 0 Å². The third kappa shape index (κ3) is 3.72. The van der Waals surface area contributed by atoms with Crippen LogP contribution in [0.15, 0.2) is 118 Å². The normalized spacial score (nSPS) is 25.3. The van der Waals surface area contributed by atoms with Gasteiger partial charge in [0.05, 0.1) is 0 Å². The molecule has 4 fully saturated rings. The van der Waals surface area contributed by atoms with E-state index >= 15 is 0 Å². The van der Waals surface area contributed by atoms with Crippen molar-refractivity contribution in [2.24, 2.45) is 23.7 Å². The molecule has 0 aliphatic heterocycles. The SMILES string of the molecule is Clc1cc(-c2ccc3cc(Br)ccc3c2)cc2c1-c1cc(-c3ccc4oc5ccccc5c4c3)ccc1C21C2CC3CC(C2)CC1C3. The fourth-order valence-electron chi connectivity index (χ4n) is 10.9. The van der Waals surface area contributed by atoms with Crippen LogP contribution in [0.3, 0.4) is 0 Å². The van der Waals surface area contributed by atoms with Gasteiger partial charge in [-0.3, -0.25) is 0 Å². The summed E-state index contributed by atoms with van der Waals surface area (Å²) in [6, 6.07) is 40.5. The quantitative estimate of drug-likeness (QED) is 0.176. The standard InChI is InChI=1S/C44H32BrClO/c45-34-10-7-26-18-27(5-6-28(26)19-34)31-22-39-43(40(46)23-31)37-21-29(30-9-12-42-36(20-30)35-3-1-2-4-41(35)47-42)8-11-38(37)44(39)32-14-24-13-25(16-32)17-33(44)15-24/h1-12,18-25,32-33H,13-17H2. The van der Waals surface area contributed by atoms with Gasteiger partial charge in [0.15, 0.2) is 0 Å². The number of furan rings is 1. The molecule has 1 heterocycles. The highest BCUT2D eigenvalue weighted by atomic mass is 79.9. The van der Waals surface area contributed by atoms with Gasteiger partial charge >= 0.3 is 0 Å². The minimum atomic E-state index is 0.0443. The summed E-state index contributed by atoms with van der Waals surface area (Å²) in [6.45, 7) is 0. The predicted octanol–water partition coefficient (Wildman–Crippen LogP) is 13.2. The number of benzene rings is 6. The maximum atomic E-state index is 7.50. The lowest BCUT2D eigenvalue weighted by atomic mass is 9.43. The molecule has 0 atom stereocenters. The van der Waals surface area contributed by atoms with E-state index in [4.69, 9.17) is 16.0 Å². The van der Waals surface area contributed by atoms with E-state index in [1.54, 1.807) is 0 Å². The van der Waals surface area contributed by atoms with Crippen molar-refractivity contribution in [2.45, 2.75) is 37.5 Å². The van der Waals surface area contributed by atoms with E-state index in [1.165, 1.54) is 98.2 Å². The van der Waals surface area contributed by atoms with E-state index < -0.39 is 0 Å². The lowest BCUT2D eigenvalue weighted by Gasteiger charge is -2.61. The molecule has 228 valence electrons. The van der Waals surface area contributed by atoms with Crippen LogP contribution in [0.25, 0.3) is 66.1 Å². The maximum Gasteiger partial charge on any atom is 0.135 e. The molecule has 4 saturated carbocycles. The van der Waals surface area contributed by atoms with Crippen LogP contribution in [0.5, 0.6) is 0 Å². The molecule has 1 aromatic heterocycles. The van der Waals surface area contributed by atoms with Crippen molar-refractivity contribution in [3.63, 3.8) is 0 Å². The lowest BCUT2D eigenvalue weighted by Crippen LogP contribution is -2.55. The first-order chi connectivity index (χ1) is 23.0. The first-order valence-electron chi connectivity index (χ1n) is 17.1. The summed E-state index contributed by atoms with van der Waals surface area (Å²) in [5, 5.41) is 5.72. The third-order valence-corrected chi connectivity index (χ3v) is 13.3. The Bertz CT molecular complexity index is 2440. The van der Waals surface area contributed by atoms with Crippen molar-refractivity contribution in [3.05, 3.63) is 130 Å². The fraction of sp³-hybridized carbons (Fsp3) is 0.227. The molecule has 5 aliphatic rings. The molecule has 1 spiro atoms. The molecule has 7 aromatic rings. The van der Waals surface area contributed by atoms with Crippen LogP contribution in [-0.4, -0.2) is 0 Å². The molecule has 0 amide bonds. The molecule has 0 saturated heterocycles. The molecule has 47 heavy (non-hydrogen) atoms. The van der Waals surface area contributed by atoms with Crippen LogP contribution in [-0.2, 0) is 5.41 Å². The summed E-state index contributed by atoms with van der Waals surface area (Å²) < 4.78 is 7.27. The van der Waals surface area contributed by atoms with Crippen molar-refractivity contribution in [2.75, 3.05) is 0 Å². The average Bonchev–Trinajstić information content (AvgIpc) is 3.60. The van der Waals surface area contributed by atoms with Crippen LogP contribution in [0.2, 0.25) is 5.02 Å². The molecular weight excluding hydrogens is 660 g/mol. The Balaban J connectivity index is 1.12. The number of fused-ring (bicyclic) bond motifs is 7. The maximum absolute atomic E-state index is 7.50. The highest BCUT2D eigenvalue weighted by Crippen LogP contribution is 2.70. The van der Waals surface area contributed by atoms with Crippen molar-refractivity contribution in [1.29, 1.82) is 0 Å². The Morgan fingerprint density at radius 1 is 0.574 bits per heavy atom. The Labute approximate surface area is 287 Å². The number of hydrogen-bond donors (Lipinski definition) is 0. The second-order valence-corrected chi connectivity index (χ2v) is 16.2. The van der Waals surface area contributed by atoms with Crippen LogP contribution in [0.1, 0.15) is 43.2 Å². The van der Waals surface area contributed by atoms with Gasteiger partial charge in [-0.25, -0.2) is 0 Å². The van der Waals surface area contributed by atoms with Gasteiger partial charge in [0, 0.05) is 31.2 Å². The number of rotatable bonds is 2. The zero-order valence-electron chi connectivity index (χ0n) is 25.9. The minimum Gasteiger partial charge on any atom is -0.456 e. The predicted molar refractivity (Wildman–Crippen MR) is 198 cm³/mol. The first-order valence-corrected chi connectivity index (χ1v) is 18.3. The molecular formula is C44H32BrClO. The molecule has 12 rings (SSSR count). The second-order valence-electron chi connectivity index (χ2n) is 14.8. The van der Waals surface area contributed by atoms with Crippen molar-refractivity contribution in [3.8, 4) is 33.4 Å². The van der Waals surface area contributed by atoms with E-state index in [-0.39, 0.29) is 5.41 Å². The lowest BCUT2D eigenvalue weighted by molar-refractivity contribution is -0.0399. The van der Waals surface area contributed by atoms with Gasteiger partial charge < -0.3 is 4.42 Å². The zero-order chi connectivity index (χ0) is 31.0. The Morgan fingerprint density at radius 3 is 2.11 bits per heavy atom. The molecule has 4 bridgehead atoms. The topological polar surface area (TPSA) is 13.1 Å².